The maximum Gasteiger partial charge on any atom is 0.0693 e. The Hall–Kier alpha value is -0.0800. The summed E-state index contributed by atoms with van der Waals surface area (Å²) < 4.78 is 0. The maximum absolute atomic E-state index is 9.83. The summed E-state index contributed by atoms with van der Waals surface area (Å²) in [5, 5.41) is 13.4. The molecule has 2 saturated carbocycles. The molecular formula is C13H25NO. The van der Waals surface area contributed by atoms with Gasteiger partial charge in [-0.05, 0) is 44.1 Å². The lowest BCUT2D eigenvalue weighted by molar-refractivity contribution is 0.0889. The van der Waals surface area contributed by atoms with Crippen molar-refractivity contribution in [1.29, 1.82) is 0 Å². The van der Waals surface area contributed by atoms with E-state index in [1.807, 2.05) is 0 Å². The molecule has 4 atom stereocenters. The second-order valence-electron chi connectivity index (χ2n) is 5.65. The highest BCUT2D eigenvalue weighted by Gasteiger charge is 2.25. The number of aliphatic hydroxyl groups excluding tert-OH is 1. The van der Waals surface area contributed by atoms with Gasteiger partial charge in [-0.15, -0.1) is 0 Å². The van der Waals surface area contributed by atoms with Gasteiger partial charge in [0.05, 0.1) is 6.10 Å². The van der Waals surface area contributed by atoms with E-state index in [1.165, 1.54) is 38.5 Å². The topological polar surface area (TPSA) is 32.3 Å². The van der Waals surface area contributed by atoms with Crippen LogP contribution in [0.25, 0.3) is 0 Å². The van der Waals surface area contributed by atoms with E-state index in [9.17, 15) is 5.11 Å². The van der Waals surface area contributed by atoms with Crippen LogP contribution >= 0.6 is 0 Å². The van der Waals surface area contributed by atoms with E-state index in [2.05, 4.69) is 12.2 Å². The summed E-state index contributed by atoms with van der Waals surface area (Å²) in [6.45, 7) is 3.49. The molecule has 2 nitrogen and oxygen atoms in total. The first-order chi connectivity index (χ1) is 7.25. The van der Waals surface area contributed by atoms with Gasteiger partial charge in [-0.2, -0.15) is 0 Å². The SMILES string of the molecule is CC1CCC(CN[C@@H]2CCCC[C@H]2O)C1. The third-order valence-corrected chi connectivity index (χ3v) is 4.20. The van der Waals surface area contributed by atoms with Crippen LogP contribution in [0, 0.1) is 11.8 Å². The normalized spacial score (nSPS) is 42.0. The van der Waals surface area contributed by atoms with Gasteiger partial charge >= 0.3 is 0 Å². The number of aliphatic hydroxyl groups is 1. The number of hydrogen-bond acceptors (Lipinski definition) is 2. The van der Waals surface area contributed by atoms with E-state index in [-0.39, 0.29) is 6.10 Å². The third kappa shape index (κ3) is 3.18. The Morgan fingerprint density at radius 2 is 1.93 bits per heavy atom. The first-order valence-corrected chi connectivity index (χ1v) is 6.67. The lowest BCUT2D eigenvalue weighted by Gasteiger charge is -2.29. The smallest absolute Gasteiger partial charge is 0.0693 e. The van der Waals surface area contributed by atoms with Gasteiger partial charge < -0.3 is 10.4 Å². The van der Waals surface area contributed by atoms with Crippen LogP contribution in [-0.4, -0.2) is 23.8 Å². The highest BCUT2D eigenvalue weighted by molar-refractivity contribution is 4.82. The molecule has 2 aliphatic rings. The Kier molecular flexibility index (Phi) is 4.04. The highest BCUT2D eigenvalue weighted by atomic mass is 16.3. The fraction of sp³-hybridized carbons (Fsp3) is 1.00. The van der Waals surface area contributed by atoms with Crippen molar-refractivity contribution >= 4 is 0 Å². The van der Waals surface area contributed by atoms with Gasteiger partial charge in [-0.25, -0.2) is 0 Å². The predicted octanol–water partition coefficient (Wildman–Crippen LogP) is 2.32. The van der Waals surface area contributed by atoms with E-state index in [0.717, 1.165) is 24.8 Å². The number of hydrogen-bond donors (Lipinski definition) is 2. The van der Waals surface area contributed by atoms with Gasteiger partial charge in [0.15, 0.2) is 0 Å². The van der Waals surface area contributed by atoms with E-state index < -0.39 is 0 Å². The van der Waals surface area contributed by atoms with E-state index >= 15 is 0 Å². The van der Waals surface area contributed by atoms with Crippen LogP contribution in [0.5, 0.6) is 0 Å². The second-order valence-corrected chi connectivity index (χ2v) is 5.65. The molecule has 0 radical (unpaired) electrons. The third-order valence-electron chi connectivity index (χ3n) is 4.20. The Balaban J connectivity index is 1.68. The van der Waals surface area contributed by atoms with Crippen LogP contribution < -0.4 is 5.32 Å². The Morgan fingerprint density at radius 1 is 1.13 bits per heavy atom. The van der Waals surface area contributed by atoms with Crippen LogP contribution in [-0.2, 0) is 0 Å². The minimum Gasteiger partial charge on any atom is -0.392 e. The highest BCUT2D eigenvalue weighted by Crippen LogP contribution is 2.30. The summed E-state index contributed by atoms with van der Waals surface area (Å²) in [4.78, 5) is 0. The second kappa shape index (κ2) is 5.31. The van der Waals surface area contributed by atoms with Gasteiger partial charge in [0.25, 0.3) is 0 Å². The molecule has 2 fully saturated rings. The molecule has 2 N–H and O–H groups in total. The van der Waals surface area contributed by atoms with Crippen LogP contribution in [0.2, 0.25) is 0 Å². The Bertz CT molecular complexity index is 195. The average molecular weight is 211 g/mol. The molecule has 88 valence electrons. The quantitative estimate of drug-likeness (QED) is 0.751. The number of nitrogens with one attached hydrogen (secondary N) is 1. The number of rotatable bonds is 3. The summed E-state index contributed by atoms with van der Waals surface area (Å²) >= 11 is 0. The first-order valence-electron chi connectivity index (χ1n) is 6.67. The van der Waals surface area contributed by atoms with Crippen LogP contribution in [0.1, 0.15) is 51.9 Å². The van der Waals surface area contributed by atoms with Crippen molar-refractivity contribution < 1.29 is 5.11 Å². The molecule has 0 aromatic rings. The van der Waals surface area contributed by atoms with Crippen molar-refractivity contribution in [2.45, 2.75) is 64.0 Å². The van der Waals surface area contributed by atoms with Crippen molar-refractivity contribution in [2.75, 3.05) is 6.54 Å². The molecule has 0 saturated heterocycles. The molecule has 0 aliphatic heterocycles. The monoisotopic (exact) mass is 211 g/mol. The molecule has 2 heteroatoms. The van der Waals surface area contributed by atoms with Gasteiger partial charge in [0.2, 0.25) is 0 Å². The van der Waals surface area contributed by atoms with Crippen molar-refractivity contribution in [2.24, 2.45) is 11.8 Å². The summed E-state index contributed by atoms with van der Waals surface area (Å²) in [6.07, 6.45) is 8.75. The summed E-state index contributed by atoms with van der Waals surface area (Å²) in [5.74, 6) is 1.79. The van der Waals surface area contributed by atoms with Crippen LogP contribution in [0.15, 0.2) is 0 Å². The zero-order valence-corrected chi connectivity index (χ0v) is 9.91. The predicted molar refractivity (Wildman–Crippen MR) is 62.8 cm³/mol. The van der Waals surface area contributed by atoms with Crippen molar-refractivity contribution in [3.8, 4) is 0 Å². The lowest BCUT2D eigenvalue weighted by Crippen LogP contribution is -2.43. The zero-order chi connectivity index (χ0) is 10.7. The maximum atomic E-state index is 9.83. The molecule has 0 amide bonds. The molecule has 0 bridgehead atoms. The van der Waals surface area contributed by atoms with Gasteiger partial charge in [0.1, 0.15) is 0 Å². The van der Waals surface area contributed by atoms with Gasteiger partial charge in [-0.3, -0.25) is 0 Å². The van der Waals surface area contributed by atoms with E-state index in [4.69, 9.17) is 0 Å². The van der Waals surface area contributed by atoms with Crippen LogP contribution in [0.4, 0.5) is 0 Å². The minimum atomic E-state index is -0.0856. The molecule has 0 aromatic carbocycles. The van der Waals surface area contributed by atoms with Crippen molar-refractivity contribution in [3.63, 3.8) is 0 Å². The minimum absolute atomic E-state index is 0.0856. The summed E-state index contributed by atoms with van der Waals surface area (Å²) in [7, 11) is 0. The van der Waals surface area contributed by atoms with Crippen LogP contribution in [0.3, 0.4) is 0 Å². The molecular weight excluding hydrogens is 186 g/mol. The molecule has 2 unspecified atom stereocenters. The fourth-order valence-corrected chi connectivity index (χ4v) is 3.18. The molecule has 0 heterocycles. The standard InChI is InChI=1S/C13H25NO/c1-10-6-7-11(8-10)9-14-12-4-2-3-5-13(12)15/h10-15H,2-9H2,1H3/t10?,11?,12-,13-/m1/s1. The summed E-state index contributed by atoms with van der Waals surface area (Å²) in [5.41, 5.74) is 0. The van der Waals surface area contributed by atoms with Gasteiger partial charge in [0, 0.05) is 6.04 Å². The Labute approximate surface area is 93.5 Å². The van der Waals surface area contributed by atoms with Crippen molar-refractivity contribution in [3.05, 3.63) is 0 Å². The molecule has 0 spiro atoms. The molecule has 0 aromatic heterocycles. The molecule has 2 rings (SSSR count). The largest absolute Gasteiger partial charge is 0.392 e. The lowest BCUT2D eigenvalue weighted by atomic mass is 9.92. The average Bonchev–Trinajstić information content (AvgIpc) is 2.63. The van der Waals surface area contributed by atoms with Gasteiger partial charge in [-0.1, -0.05) is 26.2 Å². The first kappa shape index (κ1) is 11.4. The van der Waals surface area contributed by atoms with Crippen molar-refractivity contribution in [1.82, 2.24) is 5.32 Å². The van der Waals surface area contributed by atoms with E-state index in [1.54, 1.807) is 0 Å². The fourth-order valence-electron chi connectivity index (χ4n) is 3.18. The van der Waals surface area contributed by atoms with E-state index in [0.29, 0.717) is 6.04 Å². The Morgan fingerprint density at radius 3 is 2.60 bits per heavy atom. The summed E-state index contributed by atoms with van der Waals surface area (Å²) in [6, 6.07) is 0.384. The zero-order valence-electron chi connectivity index (χ0n) is 9.91. The molecule has 15 heavy (non-hydrogen) atoms. The molecule has 2 aliphatic carbocycles.